The number of hydrogen-bond acceptors (Lipinski definition) is 7. The number of fused-ring (bicyclic) bond motifs is 2. The standard InChI is InChI=1S/C27H36N6O3/c1-17(10-11-35-5)15-32-16-19-12-18(2)21(13-22(19)31-32)29-26-28-14-23-24(30-26)33(20-8-6-7-9-20)25(34)27(3,4)36-23/h12-14,16-17,20H,6-11,15H2,1-5H3,(H,28,29,30). The van der Waals surface area contributed by atoms with Crippen LogP contribution in [0.3, 0.4) is 0 Å². The fourth-order valence-corrected chi connectivity index (χ4v) is 5.19. The van der Waals surface area contributed by atoms with Crippen LogP contribution < -0.4 is 15.0 Å². The number of aryl methyl sites for hydroxylation is 1. The molecule has 1 fully saturated rings. The van der Waals surface area contributed by atoms with Gasteiger partial charge >= 0.3 is 0 Å². The molecule has 1 N–H and O–H groups in total. The Kier molecular flexibility index (Phi) is 6.59. The average Bonchev–Trinajstić information content (AvgIpc) is 3.48. The second kappa shape index (κ2) is 9.69. The monoisotopic (exact) mass is 492 g/mol. The number of benzene rings is 1. The Balaban J connectivity index is 1.41. The third-order valence-electron chi connectivity index (χ3n) is 7.21. The topological polar surface area (TPSA) is 94.4 Å². The van der Waals surface area contributed by atoms with Gasteiger partial charge in [-0.05, 0) is 63.6 Å². The van der Waals surface area contributed by atoms with Crippen molar-refractivity contribution in [1.82, 2.24) is 19.7 Å². The van der Waals surface area contributed by atoms with E-state index in [0.29, 0.717) is 23.4 Å². The second-order valence-corrected chi connectivity index (χ2v) is 10.7. The van der Waals surface area contributed by atoms with Crippen molar-refractivity contribution in [2.75, 3.05) is 23.9 Å². The van der Waals surface area contributed by atoms with Gasteiger partial charge in [-0.1, -0.05) is 19.8 Å². The number of nitrogens with zero attached hydrogens (tertiary/aromatic N) is 5. The Bertz CT molecular complexity index is 1260. The summed E-state index contributed by atoms with van der Waals surface area (Å²) in [4.78, 5) is 24.4. The number of carbonyl (C=O) groups excluding carboxylic acids is 1. The molecular weight excluding hydrogens is 456 g/mol. The summed E-state index contributed by atoms with van der Waals surface area (Å²) in [5, 5.41) is 9.24. The van der Waals surface area contributed by atoms with Gasteiger partial charge in [-0.2, -0.15) is 10.1 Å². The maximum Gasteiger partial charge on any atom is 0.272 e. The van der Waals surface area contributed by atoms with Gasteiger partial charge in [-0.15, -0.1) is 0 Å². The van der Waals surface area contributed by atoms with E-state index in [2.05, 4.69) is 36.4 Å². The normalized spacial score (nSPS) is 18.4. The highest BCUT2D eigenvalue weighted by atomic mass is 16.5. The molecule has 9 nitrogen and oxygen atoms in total. The largest absolute Gasteiger partial charge is 0.472 e. The van der Waals surface area contributed by atoms with E-state index in [1.165, 1.54) is 0 Å². The van der Waals surface area contributed by atoms with Crippen molar-refractivity contribution in [3.63, 3.8) is 0 Å². The summed E-state index contributed by atoms with van der Waals surface area (Å²) in [6.07, 6.45) is 8.97. The Hall–Kier alpha value is -3.20. The molecule has 1 aromatic carbocycles. The molecule has 1 amide bonds. The third kappa shape index (κ3) is 4.76. The molecule has 1 aliphatic heterocycles. The molecule has 0 bridgehead atoms. The Morgan fingerprint density at radius 1 is 1.28 bits per heavy atom. The zero-order chi connectivity index (χ0) is 25.4. The Labute approximate surface area is 212 Å². The van der Waals surface area contributed by atoms with E-state index in [-0.39, 0.29) is 11.9 Å². The van der Waals surface area contributed by atoms with E-state index in [1.54, 1.807) is 13.3 Å². The number of carbonyl (C=O) groups is 1. The van der Waals surface area contributed by atoms with Gasteiger partial charge in [0.25, 0.3) is 5.91 Å². The van der Waals surface area contributed by atoms with Crippen LogP contribution in [-0.2, 0) is 16.1 Å². The van der Waals surface area contributed by atoms with Gasteiger partial charge < -0.3 is 14.8 Å². The number of anilines is 3. The molecule has 9 heteroatoms. The molecule has 1 atom stereocenters. The lowest BCUT2D eigenvalue weighted by Crippen LogP contribution is -2.55. The lowest BCUT2D eigenvalue weighted by atomic mass is 10.0. The van der Waals surface area contributed by atoms with Crippen LogP contribution in [0.5, 0.6) is 5.75 Å². The fourth-order valence-electron chi connectivity index (χ4n) is 5.19. The van der Waals surface area contributed by atoms with Crippen LogP contribution in [0.25, 0.3) is 10.9 Å². The van der Waals surface area contributed by atoms with Crippen LogP contribution in [0.4, 0.5) is 17.5 Å². The minimum atomic E-state index is -0.935. The van der Waals surface area contributed by atoms with Crippen LogP contribution in [0.15, 0.2) is 24.5 Å². The van der Waals surface area contributed by atoms with Gasteiger partial charge in [-0.25, -0.2) is 4.98 Å². The predicted molar refractivity (Wildman–Crippen MR) is 140 cm³/mol. The van der Waals surface area contributed by atoms with Crippen LogP contribution in [0, 0.1) is 12.8 Å². The number of amides is 1. The first-order valence-corrected chi connectivity index (χ1v) is 12.9. The Morgan fingerprint density at radius 3 is 2.81 bits per heavy atom. The number of methoxy groups -OCH3 is 1. The van der Waals surface area contributed by atoms with Crippen molar-refractivity contribution >= 4 is 34.3 Å². The summed E-state index contributed by atoms with van der Waals surface area (Å²) >= 11 is 0. The summed E-state index contributed by atoms with van der Waals surface area (Å²) in [5.74, 6) is 1.96. The van der Waals surface area contributed by atoms with E-state index in [9.17, 15) is 4.79 Å². The van der Waals surface area contributed by atoms with E-state index in [4.69, 9.17) is 19.6 Å². The average molecular weight is 493 g/mol. The van der Waals surface area contributed by atoms with E-state index < -0.39 is 5.60 Å². The van der Waals surface area contributed by atoms with Crippen molar-refractivity contribution in [2.24, 2.45) is 5.92 Å². The van der Waals surface area contributed by atoms with Gasteiger partial charge in [0, 0.05) is 43.6 Å². The minimum Gasteiger partial charge on any atom is -0.472 e. The van der Waals surface area contributed by atoms with Crippen molar-refractivity contribution in [1.29, 1.82) is 0 Å². The molecule has 5 rings (SSSR count). The molecule has 0 radical (unpaired) electrons. The lowest BCUT2D eigenvalue weighted by molar-refractivity contribution is -0.133. The van der Waals surface area contributed by atoms with Crippen LogP contribution in [-0.4, -0.2) is 51.0 Å². The molecule has 2 aliphatic rings. The summed E-state index contributed by atoms with van der Waals surface area (Å²) in [6, 6.07) is 4.30. The van der Waals surface area contributed by atoms with Crippen molar-refractivity contribution in [2.45, 2.75) is 78.0 Å². The number of rotatable bonds is 8. The fraction of sp³-hybridized carbons (Fsp3) is 0.556. The van der Waals surface area contributed by atoms with E-state index >= 15 is 0 Å². The van der Waals surface area contributed by atoms with E-state index in [1.807, 2.05) is 29.5 Å². The second-order valence-electron chi connectivity index (χ2n) is 10.7. The molecule has 0 saturated heterocycles. The number of aromatic nitrogens is 4. The summed E-state index contributed by atoms with van der Waals surface area (Å²) in [5.41, 5.74) is 1.93. The summed E-state index contributed by atoms with van der Waals surface area (Å²) in [7, 11) is 1.73. The number of hydrogen-bond donors (Lipinski definition) is 1. The van der Waals surface area contributed by atoms with Crippen LogP contribution in [0.2, 0.25) is 0 Å². The molecule has 0 spiro atoms. The zero-order valence-electron chi connectivity index (χ0n) is 21.9. The highest BCUT2D eigenvalue weighted by Gasteiger charge is 2.45. The minimum absolute atomic E-state index is 0.0468. The highest BCUT2D eigenvalue weighted by molar-refractivity contribution is 6.02. The maximum absolute atomic E-state index is 13.3. The van der Waals surface area contributed by atoms with Gasteiger partial charge in [0.2, 0.25) is 5.95 Å². The molecule has 1 saturated carbocycles. The molecule has 1 unspecified atom stereocenters. The molecular formula is C27H36N6O3. The van der Waals surface area contributed by atoms with Crippen molar-refractivity contribution < 1.29 is 14.3 Å². The molecule has 3 heterocycles. The van der Waals surface area contributed by atoms with Gasteiger partial charge in [-0.3, -0.25) is 14.4 Å². The van der Waals surface area contributed by atoms with E-state index in [0.717, 1.165) is 67.4 Å². The molecule has 3 aromatic rings. The summed E-state index contributed by atoms with van der Waals surface area (Å²) < 4.78 is 13.2. The van der Waals surface area contributed by atoms with Crippen molar-refractivity contribution in [3.05, 3.63) is 30.1 Å². The smallest absolute Gasteiger partial charge is 0.272 e. The zero-order valence-corrected chi connectivity index (χ0v) is 21.9. The van der Waals surface area contributed by atoms with Crippen molar-refractivity contribution in [3.8, 4) is 5.75 Å². The Morgan fingerprint density at radius 2 is 2.06 bits per heavy atom. The predicted octanol–water partition coefficient (Wildman–Crippen LogP) is 5.00. The molecule has 2 aromatic heterocycles. The molecule has 36 heavy (non-hydrogen) atoms. The quantitative estimate of drug-likeness (QED) is 0.473. The van der Waals surface area contributed by atoms with Gasteiger partial charge in [0.1, 0.15) is 0 Å². The number of ether oxygens (including phenoxy) is 2. The highest BCUT2D eigenvalue weighted by Crippen LogP contribution is 2.41. The number of nitrogens with one attached hydrogen (secondary N) is 1. The first kappa shape index (κ1) is 24.5. The van der Waals surface area contributed by atoms with Crippen LogP contribution in [0.1, 0.15) is 58.4 Å². The van der Waals surface area contributed by atoms with Gasteiger partial charge in [0.15, 0.2) is 17.2 Å². The maximum atomic E-state index is 13.3. The molecule has 1 aliphatic carbocycles. The third-order valence-corrected chi connectivity index (χ3v) is 7.21. The SMILES string of the molecule is COCCC(C)Cn1cc2cc(C)c(Nc3ncc4c(n3)N(C3CCCC3)C(=O)C(C)(C)O4)cc2n1. The molecule has 192 valence electrons. The first-order valence-electron chi connectivity index (χ1n) is 12.9. The summed E-state index contributed by atoms with van der Waals surface area (Å²) in [6.45, 7) is 9.47. The lowest BCUT2D eigenvalue weighted by Gasteiger charge is -2.40. The van der Waals surface area contributed by atoms with Gasteiger partial charge in [0.05, 0.1) is 11.7 Å². The first-order chi connectivity index (χ1) is 17.2. The van der Waals surface area contributed by atoms with Crippen LogP contribution >= 0.6 is 0 Å².